The minimum Gasteiger partial charge on any atom is -0.497 e. The predicted molar refractivity (Wildman–Crippen MR) is 88.6 cm³/mol. The summed E-state index contributed by atoms with van der Waals surface area (Å²) >= 11 is 0. The molecule has 0 aliphatic rings. The second-order valence-corrected chi connectivity index (χ2v) is 5.28. The quantitative estimate of drug-likeness (QED) is 0.823. The molecule has 2 unspecified atom stereocenters. The number of halogens is 1. The van der Waals surface area contributed by atoms with Crippen LogP contribution in [0.5, 0.6) is 5.75 Å². The predicted octanol–water partition coefficient (Wildman–Crippen LogP) is 2.55. The summed E-state index contributed by atoms with van der Waals surface area (Å²) in [6, 6.07) is 12.1. The highest BCUT2D eigenvalue weighted by Crippen LogP contribution is 2.30. The molecular formula is C18H20FNO4. The molecule has 0 aromatic heterocycles. The zero-order valence-electron chi connectivity index (χ0n) is 13.8. The van der Waals surface area contributed by atoms with Gasteiger partial charge in [0.2, 0.25) is 0 Å². The third-order valence-corrected chi connectivity index (χ3v) is 3.83. The number of aliphatic hydroxyl groups is 1. The van der Waals surface area contributed by atoms with E-state index in [-0.39, 0.29) is 0 Å². The van der Waals surface area contributed by atoms with Gasteiger partial charge in [0, 0.05) is 12.7 Å². The van der Waals surface area contributed by atoms with E-state index in [4.69, 9.17) is 4.74 Å². The Bertz CT molecular complexity index is 690. The number of ether oxygens (including phenoxy) is 2. The Morgan fingerprint density at radius 1 is 1.17 bits per heavy atom. The van der Waals surface area contributed by atoms with Gasteiger partial charge in [0.15, 0.2) is 6.10 Å². The molecule has 24 heavy (non-hydrogen) atoms. The molecular weight excluding hydrogens is 313 g/mol. The Kier molecular flexibility index (Phi) is 5.76. The first kappa shape index (κ1) is 17.7. The van der Waals surface area contributed by atoms with Crippen LogP contribution in [0.2, 0.25) is 0 Å². The van der Waals surface area contributed by atoms with Crippen molar-refractivity contribution in [3.63, 3.8) is 0 Å². The molecule has 2 aromatic carbocycles. The maximum atomic E-state index is 13.5. The summed E-state index contributed by atoms with van der Waals surface area (Å²) in [5.41, 5.74) is 1.19. The lowest BCUT2D eigenvalue weighted by Gasteiger charge is -2.33. The first-order valence-corrected chi connectivity index (χ1v) is 7.36. The lowest BCUT2D eigenvalue weighted by Crippen LogP contribution is -2.39. The van der Waals surface area contributed by atoms with Gasteiger partial charge in [-0.3, -0.25) is 0 Å². The van der Waals surface area contributed by atoms with Crippen molar-refractivity contribution in [3.8, 4) is 5.75 Å². The molecule has 2 atom stereocenters. The standard InChI is InChI=1S/C18H20FNO4/c1-20(14-6-4-5-13(19)11-14)16(17(21)18(22)24-3)12-7-9-15(23-2)10-8-12/h4-11,16-17,21H,1-3H3. The van der Waals surface area contributed by atoms with Crippen molar-refractivity contribution in [2.45, 2.75) is 12.1 Å². The molecule has 0 amide bonds. The van der Waals surface area contributed by atoms with Crippen LogP contribution in [-0.4, -0.2) is 38.4 Å². The Morgan fingerprint density at radius 2 is 1.83 bits per heavy atom. The third kappa shape index (κ3) is 3.83. The summed E-state index contributed by atoms with van der Waals surface area (Å²) in [5, 5.41) is 10.4. The fraction of sp³-hybridized carbons (Fsp3) is 0.278. The van der Waals surface area contributed by atoms with Crippen molar-refractivity contribution >= 4 is 11.7 Å². The molecule has 2 aromatic rings. The molecule has 2 rings (SSSR count). The van der Waals surface area contributed by atoms with Crippen LogP contribution in [0.4, 0.5) is 10.1 Å². The largest absolute Gasteiger partial charge is 0.497 e. The summed E-state index contributed by atoms with van der Waals surface area (Å²) in [4.78, 5) is 13.5. The molecule has 0 bridgehead atoms. The number of anilines is 1. The Labute approximate surface area is 140 Å². The van der Waals surface area contributed by atoms with Gasteiger partial charge < -0.3 is 19.5 Å². The molecule has 0 saturated carbocycles. The van der Waals surface area contributed by atoms with Crippen molar-refractivity contribution in [1.82, 2.24) is 0 Å². The Morgan fingerprint density at radius 3 is 2.38 bits per heavy atom. The molecule has 0 aliphatic heterocycles. The molecule has 0 heterocycles. The minimum absolute atomic E-state index is 0.402. The first-order valence-electron chi connectivity index (χ1n) is 7.36. The first-order chi connectivity index (χ1) is 11.5. The van der Waals surface area contributed by atoms with Crippen molar-refractivity contribution in [1.29, 1.82) is 0 Å². The van der Waals surface area contributed by atoms with E-state index in [1.165, 1.54) is 19.2 Å². The number of carbonyl (C=O) groups is 1. The number of esters is 1. The SMILES string of the molecule is COC(=O)C(O)C(c1ccc(OC)cc1)N(C)c1cccc(F)c1. The van der Waals surface area contributed by atoms with E-state index in [0.29, 0.717) is 17.0 Å². The van der Waals surface area contributed by atoms with E-state index < -0.39 is 23.9 Å². The molecule has 0 radical (unpaired) electrons. The summed E-state index contributed by atoms with van der Waals surface area (Å²) < 4.78 is 23.3. The van der Waals surface area contributed by atoms with Crippen LogP contribution in [-0.2, 0) is 9.53 Å². The van der Waals surface area contributed by atoms with Crippen LogP contribution in [0.1, 0.15) is 11.6 Å². The van der Waals surface area contributed by atoms with Crippen molar-refractivity contribution in [2.75, 3.05) is 26.2 Å². The maximum absolute atomic E-state index is 13.5. The van der Waals surface area contributed by atoms with E-state index in [9.17, 15) is 14.3 Å². The van der Waals surface area contributed by atoms with E-state index in [0.717, 1.165) is 0 Å². The van der Waals surface area contributed by atoms with Crippen molar-refractivity contribution in [3.05, 3.63) is 59.9 Å². The molecule has 0 saturated heterocycles. The Balaban J connectivity index is 2.43. The van der Waals surface area contributed by atoms with Crippen LogP contribution in [0.25, 0.3) is 0 Å². The maximum Gasteiger partial charge on any atom is 0.337 e. The number of nitrogens with zero attached hydrogens (tertiary/aromatic N) is 1. The molecule has 6 heteroatoms. The van der Waals surface area contributed by atoms with Crippen molar-refractivity contribution < 1.29 is 23.8 Å². The zero-order valence-corrected chi connectivity index (χ0v) is 13.8. The molecule has 0 aliphatic carbocycles. The average Bonchev–Trinajstić information content (AvgIpc) is 2.61. The highest BCUT2D eigenvalue weighted by atomic mass is 19.1. The van der Waals surface area contributed by atoms with Crippen LogP contribution >= 0.6 is 0 Å². The number of aliphatic hydroxyl groups excluding tert-OH is 1. The van der Waals surface area contributed by atoms with E-state index in [2.05, 4.69) is 4.74 Å². The highest BCUT2D eigenvalue weighted by Gasteiger charge is 2.32. The van der Waals surface area contributed by atoms with Crippen LogP contribution in [0.15, 0.2) is 48.5 Å². The average molecular weight is 333 g/mol. The van der Waals surface area contributed by atoms with Crippen molar-refractivity contribution in [2.24, 2.45) is 0 Å². The number of hydrogen-bond donors (Lipinski definition) is 1. The van der Waals surface area contributed by atoms with E-state index in [1.807, 2.05) is 0 Å². The normalized spacial score (nSPS) is 13.0. The fourth-order valence-electron chi connectivity index (χ4n) is 2.52. The number of benzene rings is 2. The zero-order chi connectivity index (χ0) is 17.7. The van der Waals surface area contributed by atoms with Gasteiger partial charge in [-0.05, 0) is 35.9 Å². The van der Waals surface area contributed by atoms with Gasteiger partial charge in [-0.2, -0.15) is 0 Å². The van der Waals surface area contributed by atoms with E-state index in [1.54, 1.807) is 55.5 Å². The molecule has 1 N–H and O–H groups in total. The summed E-state index contributed by atoms with van der Waals surface area (Å²) in [5.74, 6) is -0.516. The number of carbonyl (C=O) groups excluding carboxylic acids is 1. The van der Waals surface area contributed by atoms with E-state index >= 15 is 0 Å². The van der Waals surface area contributed by atoms with Gasteiger partial charge in [0.1, 0.15) is 11.6 Å². The molecule has 0 fully saturated rings. The Hall–Kier alpha value is -2.60. The highest BCUT2D eigenvalue weighted by molar-refractivity contribution is 5.76. The minimum atomic E-state index is -1.43. The smallest absolute Gasteiger partial charge is 0.337 e. The molecule has 0 spiro atoms. The fourth-order valence-corrected chi connectivity index (χ4v) is 2.52. The van der Waals surface area contributed by atoms with Crippen LogP contribution in [0, 0.1) is 5.82 Å². The van der Waals surface area contributed by atoms with Gasteiger partial charge in [-0.1, -0.05) is 18.2 Å². The summed E-state index contributed by atoms with van der Waals surface area (Å²) in [7, 11) is 4.43. The lowest BCUT2D eigenvalue weighted by molar-refractivity contribution is -0.151. The number of hydrogen-bond acceptors (Lipinski definition) is 5. The number of methoxy groups -OCH3 is 2. The van der Waals surface area contributed by atoms with Gasteiger partial charge in [-0.25, -0.2) is 9.18 Å². The van der Waals surface area contributed by atoms with Gasteiger partial charge in [0.05, 0.1) is 20.3 Å². The second-order valence-electron chi connectivity index (χ2n) is 5.28. The van der Waals surface area contributed by atoms with Gasteiger partial charge in [-0.15, -0.1) is 0 Å². The number of rotatable bonds is 6. The van der Waals surface area contributed by atoms with Crippen LogP contribution in [0.3, 0.4) is 0 Å². The monoisotopic (exact) mass is 333 g/mol. The van der Waals surface area contributed by atoms with Gasteiger partial charge >= 0.3 is 5.97 Å². The van der Waals surface area contributed by atoms with Crippen LogP contribution < -0.4 is 9.64 Å². The van der Waals surface area contributed by atoms with Gasteiger partial charge in [0.25, 0.3) is 0 Å². The lowest BCUT2D eigenvalue weighted by atomic mass is 9.99. The second kappa shape index (κ2) is 7.79. The molecule has 128 valence electrons. The summed E-state index contributed by atoms with van der Waals surface area (Å²) in [6.45, 7) is 0. The number of likely N-dealkylation sites (N-methyl/N-ethyl adjacent to an activating group) is 1. The topological polar surface area (TPSA) is 59.0 Å². The molecule has 5 nitrogen and oxygen atoms in total. The summed E-state index contributed by atoms with van der Waals surface area (Å²) in [6.07, 6.45) is -1.43. The third-order valence-electron chi connectivity index (χ3n) is 3.83.